The van der Waals surface area contributed by atoms with Gasteiger partial charge in [0, 0.05) is 16.2 Å². The highest BCUT2D eigenvalue weighted by atomic mass is 79.9. The van der Waals surface area contributed by atoms with E-state index in [-0.39, 0.29) is 5.82 Å². The summed E-state index contributed by atoms with van der Waals surface area (Å²) in [6.45, 7) is 1.87. The summed E-state index contributed by atoms with van der Waals surface area (Å²) in [6, 6.07) is 6.63. The minimum Gasteiger partial charge on any atom is -0.477 e. The highest BCUT2D eigenvalue weighted by molar-refractivity contribution is 9.10. The number of anilines is 2. The van der Waals surface area contributed by atoms with Crippen LogP contribution in [0.15, 0.2) is 34.9 Å². The van der Waals surface area contributed by atoms with Crippen molar-refractivity contribution in [3.05, 3.63) is 56.2 Å². The van der Waals surface area contributed by atoms with Crippen molar-refractivity contribution in [2.75, 3.05) is 5.32 Å². The number of carboxylic acid groups (broad SMARTS) is 1. The minimum absolute atomic E-state index is 0.225. The van der Waals surface area contributed by atoms with E-state index in [0.29, 0.717) is 0 Å². The summed E-state index contributed by atoms with van der Waals surface area (Å²) in [5.74, 6) is -1.15. The van der Waals surface area contributed by atoms with E-state index in [0.717, 1.165) is 28.0 Å². The van der Waals surface area contributed by atoms with Crippen LogP contribution < -0.4 is 5.32 Å². The highest BCUT2D eigenvalue weighted by Crippen LogP contribution is 2.25. The third kappa shape index (κ3) is 3.34. The molecule has 8 heteroatoms. The number of halogens is 1. The molecule has 1 aromatic carbocycles. The number of aryl methyl sites for hydroxylation is 1. The number of carbonyl (C=O) groups is 1. The number of rotatable bonds is 4. The van der Waals surface area contributed by atoms with E-state index in [1.165, 1.54) is 0 Å². The van der Waals surface area contributed by atoms with Gasteiger partial charge in [-0.2, -0.15) is 0 Å². The Morgan fingerprint density at radius 2 is 2.14 bits per heavy atom. The molecule has 7 nitrogen and oxygen atoms in total. The predicted octanol–water partition coefficient (Wildman–Crippen LogP) is 3.50. The number of hydrogen-bond donors (Lipinski definition) is 2. The third-order valence-corrected chi connectivity index (χ3v) is 3.25. The fourth-order valence-corrected chi connectivity index (χ4v) is 2.21. The molecular formula is C13H10BrN3O4. The number of carboxylic acids is 1. The zero-order chi connectivity index (χ0) is 15.6. The molecule has 0 aliphatic heterocycles. The van der Waals surface area contributed by atoms with Crippen molar-refractivity contribution in [2.45, 2.75) is 6.92 Å². The van der Waals surface area contributed by atoms with Crippen molar-refractivity contribution < 1.29 is 14.8 Å². The van der Waals surface area contributed by atoms with E-state index in [1.807, 2.05) is 19.1 Å². The lowest BCUT2D eigenvalue weighted by atomic mass is 10.2. The van der Waals surface area contributed by atoms with Gasteiger partial charge in [-0.05, 0) is 30.7 Å². The Morgan fingerprint density at radius 1 is 1.43 bits per heavy atom. The molecule has 0 aliphatic rings. The Hall–Kier alpha value is -2.48. The number of aromatic carboxylic acids is 1. The fourth-order valence-electron chi connectivity index (χ4n) is 1.74. The molecule has 0 atom stereocenters. The highest BCUT2D eigenvalue weighted by Gasteiger charge is 2.21. The van der Waals surface area contributed by atoms with Gasteiger partial charge in [-0.25, -0.2) is 9.78 Å². The topological polar surface area (TPSA) is 105 Å². The summed E-state index contributed by atoms with van der Waals surface area (Å²) < 4.78 is 0.911. The van der Waals surface area contributed by atoms with Crippen LogP contribution in [0.25, 0.3) is 0 Å². The van der Waals surface area contributed by atoms with Gasteiger partial charge in [0.05, 0.1) is 4.92 Å². The first-order chi connectivity index (χ1) is 9.88. The van der Waals surface area contributed by atoms with Crippen molar-refractivity contribution in [1.29, 1.82) is 0 Å². The molecule has 0 bridgehead atoms. The Kier molecular flexibility index (Phi) is 4.18. The van der Waals surface area contributed by atoms with E-state index in [9.17, 15) is 14.9 Å². The molecule has 108 valence electrons. The number of pyridine rings is 1. The number of aromatic nitrogens is 1. The van der Waals surface area contributed by atoms with E-state index < -0.39 is 22.1 Å². The largest absolute Gasteiger partial charge is 0.477 e. The van der Waals surface area contributed by atoms with Crippen LogP contribution in [0.2, 0.25) is 0 Å². The van der Waals surface area contributed by atoms with Crippen LogP contribution in [0.4, 0.5) is 17.2 Å². The maximum atomic E-state index is 11.1. The maximum Gasteiger partial charge on any atom is 0.342 e. The molecule has 0 fully saturated rings. The summed E-state index contributed by atoms with van der Waals surface area (Å²) in [4.78, 5) is 24.9. The number of nitro groups is 1. The molecule has 2 aromatic rings. The number of hydrogen-bond acceptors (Lipinski definition) is 5. The Bertz CT molecular complexity index is 733. The summed E-state index contributed by atoms with van der Waals surface area (Å²) in [5.41, 5.74) is 0.699. The monoisotopic (exact) mass is 351 g/mol. The van der Waals surface area contributed by atoms with Crippen molar-refractivity contribution >= 4 is 39.1 Å². The van der Waals surface area contributed by atoms with Crippen LogP contribution >= 0.6 is 15.9 Å². The zero-order valence-corrected chi connectivity index (χ0v) is 12.4. The lowest BCUT2D eigenvalue weighted by Gasteiger charge is -2.09. The molecule has 1 heterocycles. The van der Waals surface area contributed by atoms with E-state index in [2.05, 4.69) is 26.2 Å². The van der Waals surface area contributed by atoms with Gasteiger partial charge in [-0.3, -0.25) is 10.1 Å². The lowest BCUT2D eigenvalue weighted by molar-refractivity contribution is -0.385. The van der Waals surface area contributed by atoms with E-state index in [4.69, 9.17) is 5.11 Å². The van der Waals surface area contributed by atoms with E-state index >= 15 is 0 Å². The molecular weight excluding hydrogens is 342 g/mol. The normalized spacial score (nSPS) is 10.2. The van der Waals surface area contributed by atoms with Crippen molar-refractivity contribution in [3.63, 3.8) is 0 Å². The number of benzene rings is 1. The molecule has 0 unspecified atom stereocenters. The van der Waals surface area contributed by atoms with E-state index in [1.54, 1.807) is 6.07 Å². The van der Waals surface area contributed by atoms with Crippen molar-refractivity contribution in [2.24, 2.45) is 0 Å². The van der Waals surface area contributed by atoms with Gasteiger partial charge >= 0.3 is 11.7 Å². The molecule has 0 aliphatic carbocycles. The molecule has 0 amide bonds. The Morgan fingerprint density at radius 3 is 2.71 bits per heavy atom. The third-order valence-electron chi connectivity index (χ3n) is 2.76. The van der Waals surface area contributed by atoms with Gasteiger partial charge in [0.1, 0.15) is 17.6 Å². The zero-order valence-electron chi connectivity index (χ0n) is 10.8. The van der Waals surface area contributed by atoms with Crippen LogP contribution in [0.5, 0.6) is 0 Å². The van der Waals surface area contributed by atoms with Gasteiger partial charge < -0.3 is 10.4 Å². The second kappa shape index (κ2) is 5.88. The molecule has 21 heavy (non-hydrogen) atoms. The van der Waals surface area contributed by atoms with Crippen LogP contribution in [-0.4, -0.2) is 21.0 Å². The second-order valence-electron chi connectivity index (χ2n) is 4.23. The van der Waals surface area contributed by atoms with Crippen LogP contribution in [0.3, 0.4) is 0 Å². The standard InChI is InChI=1S/C13H10BrN3O4/c1-7-4-8(14)2-3-10(7)16-12-5-9(13(18)19)11(6-15-12)17(20)21/h2-6H,1H3,(H,15,16)(H,18,19). The molecule has 1 aromatic heterocycles. The molecule has 0 radical (unpaired) electrons. The lowest BCUT2D eigenvalue weighted by Crippen LogP contribution is -2.05. The number of nitrogens with zero attached hydrogens (tertiary/aromatic N) is 2. The first-order valence-electron chi connectivity index (χ1n) is 5.79. The van der Waals surface area contributed by atoms with Gasteiger partial charge in [-0.1, -0.05) is 15.9 Å². The molecule has 0 saturated carbocycles. The van der Waals surface area contributed by atoms with Gasteiger partial charge in [0.2, 0.25) is 0 Å². The summed E-state index contributed by atoms with van der Waals surface area (Å²) >= 11 is 3.34. The molecule has 0 spiro atoms. The summed E-state index contributed by atoms with van der Waals surface area (Å²) in [7, 11) is 0. The van der Waals surface area contributed by atoms with Crippen molar-refractivity contribution in [3.8, 4) is 0 Å². The first-order valence-corrected chi connectivity index (χ1v) is 6.58. The predicted molar refractivity (Wildman–Crippen MR) is 80.0 cm³/mol. The Balaban J connectivity index is 2.39. The fraction of sp³-hybridized carbons (Fsp3) is 0.0769. The smallest absolute Gasteiger partial charge is 0.342 e. The SMILES string of the molecule is Cc1cc(Br)ccc1Nc1cc(C(=O)O)c([N+](=O)[O-])cn1. The quantitative estimate of drug-likeness (QED) is 0.644. The molecule has 2 N–H and O–H groups in total. The van der Waals surface area contributed by atoms with Crippen LogP contribution in [-0.2, 0) is 0 Å². The molecule has 2 rings (SSSR count). The molecule has 0 saturated heterocycles. The maximum absolute atomic E-state index is 11.1. The van der Waals surface area contributed by atoms with Gasteiger partial charge in [0.25, 0.3) is 0 Å². The van der Waals surface area contributed by atoms with Crippen LogP contribution in [0, 0.1) is 17.0 Å². The second-order valence-corrected chi connectivity index (χ2v) is 5.15. The Labute approximate surface area is 127 Å². The minimum atomic E-state index is -1.38. The average molecular weight is 352 g/mol. The summed E-state index contributed by atoms with van der Waals surface area (Å²) in [5, 5.41) is 22.7. The van der Waals surface area contributed by atoms with Crippen molar-refractivity contribution in [1.82, 2.24) is 4.98 Å². The summed E-state index contributed by atoms with van der Waals surface area (Å²) in [6.07, 6.45) is 0.931. The van der Waals surface area contributed by atoms with Gasteiger partial charge in [0.15, 0.2) is 0 Å². The number of nitrogens with one attached hydrogen (secondary N) is 1. The van der Waals surface area contributed by atoms with Gasteiger partial charge in [-0.15, -0.1) is 0 Å². The van der Waals surface area contributed by atoms with Crippen LogP contribution in [0.1, 0.15) is 15.9 Å². The first kappa shape index (κ1) is 14.9. The average Bonchev–Trinajstić information content (AvgIpc) is 2.41.